The van der Waals surface area contributed by atoms with Crippen molar-refractivity contribution in [3.8, 4) is 11.5 Å². The smallest absolute Gasteiger partial charge is 0.357 e. The largest absolute Gasteiger partial charge is 0.490 e. The molecule has 3 rings (SSSR count). The van der Waals surface area contributed by atoms with Crippen molar-refractivity contribution in [1.29, 1.82) is 0 Å². The molecule has 174 valence electrons. The van der Waals surface area contributed by atoms with E-state index in [2.05, 4.69) is 4.98 Å². The number of nitro groups is 2. The Hall–Kier alpha value is -5.07. The molecule has 0 aliphatic heterocycles. The summed E-state index contributed by atoms with van der Waals surface area (Å²) in [5, 5.41) is 22.1. The van der Waals surface area contributed by atoms with Crippen LogP contribution in [0.15, 0.2) is 52.1 Å². The number of H-pyrrole nitrogens is 2. The fourth-order valence-electron chi connectivity index (χ4n) is 2.86. The highest BCUT2D eigenvalue weighted by Crippen LogP contribution is 2.30. The van der Waals surface area contributed by atoms with Crippen LogP contribution in [0.4, 0.5) is 11.4 Å². The van der Waals surface area contributed by atoms with E-state index in [0.717, 1.165) is 6.07 Å². The van der Waals surface area contributed by atoms with Crippen LogP contribution in [0.1, 0.15) is 28.5 Å². The maximum atomic E-state index is 12.5. The Balaban J connectivity index is 1.91. The standard InChI is InChI=1S/C21H16N4O9/c1-2-33-17-10-12(6-8-15-18(25(31)32)19(26)23-21(28)22-15)7-9-16(17)34-20(27)13-4-3-5-14(11-13)24(29)30/h3-11H,2H2,1H3,(H2,22,23,26,28)/b8-6+. The molecule has 0 aliphatic carbocycles. The summed E-state index contributed by atoms with van der Waals surface area (Å²) in [4.78, 5) is 60.2. The summed E-state index contributed by atoms with van der Waals surface area (Å²) in [5.74, 6) is -0.659. The predicted octanol–water partition coefficient (Wildman–Crippen LogP) is 2.67. The minimum Gasteiger partial charge on any atom is -0.490 e. The van der Waals surface area contributed by atoms with E-state index in [-0.39, 0.29) is 35.1 Å². The summed E-state index contributed by atoms with van der Waals surface area (Å²) in [6.45, 7) is 1.90. The lowest BCUT2D eigenvalue weighted by Gasteiger charge is -2.11. The van der Waals surface area contributed by atoms with Crippen molar-refractivity contribution >= 4 is 29.5 Å². The number of hydrogen-bond donors (Lipinski definition) is 2. The van der Waals surface area contributed by atoms with Crippen LogP contribution in [0.3, 0.4) is 0 Å². The molecule has 0 spiro atoms. The van der Waals surface area contributed by atoms with Gasteiger partial charge in [0.25, 0.3) is 5.69 Å². The molecule has 0 radical (unpaired) electrons. The highest BCUT2D eigenvalue weighted by Gasteiger charge is 2.19. The molecule has 13 heteroatoms. The van der Waals surface area contributed by atoms with Gasteiger partial charge in [0.2, 0.25) is 0 Å². The zero-order chi connectivity index (χ0) is 24.8. The van der Waals surface area contributed by atoms with Crippen LogP contribution in [0.5, 0.6) is 11.5 Å². The van der Waals surface area contributed by atoms with Crippen LogP contribution < -0.4 is 20.7 Å². The number of benzene rings is 2. The zero-order valence-corrected chi connectivity index (χ0v) is 17.5. The Morgan fingerprint density at radius 1 is 1.00 bits per heavy atom. The molecule has 0 saturated heterocycles. The van der Waals surface area contributed by atoms with E-state index in [4.69, 9.17) is 9.47 Å². The SMILES string of the molecule is CCOc1cc(/C=C/c2[nH]c(=O)[nH]c(=O)c2[N+](=O)[O-])ccc1OC(=O)c1cccc([N+](=O)[O-])c1. The van der Waals surface area contributed by atoms with Gasteiger partial charge in [-0.1, -0.05) is 18.2 Å². The molecule has 2 N–H and O–H groups in total. The first-order chi connectivity index (χ1) is 16.2. The van der Waals surface area contributed by atoms with Crippen LogP contribution in [-0.2, 0) is 0 Å². The van der Waals surface area contributed by atoms with Gasteiger partial charge in [-0.3, -0.25) is 30.0 Å². The van der Waals surface area contributed by atoms with Crippen molar-refractivity contribution in [2.24, 2.45) is 0 Å². The summed E-state index contributed by atoms with van der Waals surface area (Å²) in [6.07, 6.45) is 2.56. The molecule has 1 heterocycles. The molecular weight excluding hydrogens is 452 g/mol. The molecule has 13 nitrogen and oxygen atoms in total. The monoisotopic (exact) mass is 468 g/mol. The van der Waals surface area contributed by atoms with Crippen LogP contribution in [0.25, 0.3) is 12.2 Å². The number of esters is 1. The first-order valence-electron chi connectivity index (χ1n) is 9.62. The lowest BCUT2D eigenvalue weighted by molar-refractivity contribution is -0.386. The van der Waals surface area contributed by atoms with Crippen molar-refractivity contribution in [3.63, 3.8) is 0 Å². The second kappa shape index (κ2) is 10.0. The van der Waals surface area contributed by atoms with Gasteiger partial charge in [0.1, 0.15) is 5.69 Å². The minimum absolute atomic E-state index is 0.0334. The zero-order valence-electron chi connectivity index (χ0n) is 17.5. The molecular formula is C21H16N4O9. The van der Waals surface area contributed by atoms with Gasteiger partial charge in [-0.15, -0.1) is 0 Å². The van der Waals surface area contributed by atoms with Crippen LogP contribution in [-0.4, -0.2) is 32.4 Å². The van der Waals surface area contributed by atoms with Crippen LogP contribution >= 0.6 is 0 Å². The van der Waals surface area contributed by atoms with Gasteiger partial charge >= 0.3 is 22.9 Å². The summed E-state index contributed by atoms with van der Waals surface area (Å²) >= 11 is 0. The summed E-state index contributed by atoms with van der Waals surface area (Å²) in [6, 6.07) is 9.39. The van der Waals surface area contributed by atoms with E-state index in [9.17, 15) is 34.6 Å². The van der Waals surface area contributed by atoms with Crippen LogP contribution in [0, 0.1) is 20.2 Å². The van der Waals surface area contributed by atoms with E-state index in [1.807, 2.05) is 0 Å². The summed E-state index contributed by atoms with van der Waals surface area (Å²) in [7, 11) is 0. The van der Waals surface area contributed by atoms with Gasteiger partial charge in [-0.25, -0.2) is 9.59 Å². The Labute approximate surface area is 189 Å². The fraction of sp³-hybridized carbons (Fsp3) is 0.0952. The lowest BCUT2D eigenvalue weighted by Crippen LogP contribution is -2.25. The molecule has 0 amide bonds. The molecule has 0 bridgehead atoms. The van der Waals surface area contributed by atoms with Gasteiger partial charge in [-0.2, -0.15) is 0 Å². The van der Waals surface area contributed by atoms with E-state index < -0.39 is 32.8 Å². The van der Waals surface area contributed by atoms with Gasteiger partial charge in [-0.05, 0) is 36.8 Å². The average Bonchev–Trinajstić information content (AvgIpc) is 2.78. The third-order valence-corrected chi connectivity index (χ3v) is 4.33. The Morgan fingerprint density at radius 3 is 2.44 bits per heavy atom. The highest BCUT2D eigenvalue weighted by atomic mass is 16.6. The topological polar surface area (TPSA) is 188 Å². The van der Waals surface area contributed by atoms with Crippen molar-refractivity contribution in [2.45, 2.75) is 6.92 Å². The van der Waals surface area contributed by atoms with Gasteiger partial charge in [0, 0.05) is 12.1 Å². The summed E-state index contributed by atoms with van der Waals surface area (Å²) in [5.41, 5.74) is -3.06. The number of ether oxygens (including phenoxy) is 2. The quantitative estimate of drug-likeness (QED) is 0.217. The van der Waals surface area contributed by atoms with Crippen molar-refractivity contribution in [3.05, 3.63) is 100 Å². The second-order valence-corrected chi connectivity index (χ2v) is 6.60. The number of nitrogens with one attached hydrogen (secondary N) is 2. The summed E-state index contributed by atoms with van der Waals surface area (Å²) < 4.78 is 10.8. The molecule has 2 aromatic carbocycles. The van der Waals surface area contributed by atoms with Crippen molar-refractivity contribution in [1.82, 2.24) is 9.97 Å². The highest BCUT2D eigenvalue weighted by molar-refractivity contribution is 5.92. The lowest BCUT2D eigenvalue weighted by atomic mass is 10.1. The Bertz CT molecular complexity index is 1420. The first-order valence-corrected chi connectivity index (χ1v) is 9.62. The van der Waals surface area contributed by atoms with E-state index in [1.165, 1.54) is 48.6 Å². The Kier molecular flexibility index (Phi) is 6.96. The molecule has 0 atom stereocenters. The minimum atomic E-state index is -1.15. The van der Waals surface area contributed by atoms with Gasteiger partial charge < -0.3 is 14.5 Å². The van der Waals surface area contributed by atoms with E-state index in [1.54, 1.807) is 11.9 Å². The van der Waals surface area contributed by atoms with Crippen molar-refractivity contribution < 1.29 is 24.1 Å². The number of non-ortho nitro benzene ring substituents is 1. The molecule has 1 aromatic heterocycles. The fourth-order valence-corrected chi connectivity index (χ4v) is 2.86. The normalized spacial score (nSPS) is 10.7. The predicted molar refractivity (Wildman–Crippen MR) is 119 cm³/mol. The first kappa shape index (κ1) is 23.6. The molecule has 0 aliphatic rings. The number of rotatable bonds is 8. The molecule has 0 unspecified atom stereocenters. The third-order valence-electron chi connectivity index (χ3n) is 4.33. The Morgan fingerprint density at radius 2 is 1.76 bits per heavy atom. The number of nitro benzene ring substituents is 1. The second-order valence-electron chi connectivity index (χ2n) is 6.60. The van der Waals surface area contributed by atoms with Gasteiger partial charge in [0.05, 0.1) is 22.0 Å². The van der Waals surface area contributed by atoms with Crippen LogP contribution in [0.2, 0.25) is 0 Å². The average molecular weight is 468 g/mol. The molecule has 0 fully saturated rings. The van der Waals surface area contributed by atoms with Gasteiger partial charge in [0.15, 0.2) is 11.5 Å². The maximum Gasteiger partial charge on any atom is 0.357 e. The number of aromatic nitrogens is 2. The number of hydrogen-bond acceptors (Lipinski definition) is 9. The molecule has 34 heavy (non-hydrogen) atoms. The number of carbonyl (C=O) groups excluding carboxylic acids is 1. The maximum absolute atomic E-state index is 12.5. The van der Waals surface area contributed by atoms with E-state index >= 15 is 0 Å². The van der Waals surface area contributed by atoms with E-state index in [0.29, 0.717) is 5.56 Å². The number of nitrogens with zero attached hydrogens (tertiary/aromatic N) is 2. The number of aromatic amines is 2. The number of carbonyl (C=O) groups is 1. The molecule has 0 saturated carbocycles. The third kappa shape index (κ3) is 5.40. The van der Waals surface area contributed by atoms with Crippen molar-refractivity contribution in [2.75, 3.05) is 6.61 Å². The molecule has 3 aromatic rings.